The first-order valence-electron chi connectivity index (χ1n) is 5.48. The Morgan fingerprint density at radius 3 is 2.64 bits per heavy atom. The standard InChI is InChI=1S/C10H21N3O/c1-2-5-13-6-3-9(4-7-13)12-10(14)8-11/h9H,2-8,11H2,1H3,(H,12,14). The van der Waals surface area contributed by atoms with Gasteiger partial charge in [-0.05, 0) is 25.8 Å². The predicted molar refractivity (Wildman–Crippen MR) is 57.0 cm³/mol. The van der Waals surface area contributed by atoms with E-state index in [1.165, 1.54) is 13.0 Å². The zero-order chi connectivity index (χ0) is 10.4. The van der Waals surface area contributed by atoms with Crippen molar-refractivity contribution in [3.8, 4) is 0 Å². The molecule has 3 N–H and O–H groups in total. The molecule has 1 fully saturated rings. The first-order chi connectivity index (χ1) is 6.76. The molecule has 1 heterocycles. The predicted octanol–water partition coefficient (Wildman–Crippen LogP) is -0.0643. The molecule has 0 aromatic heterocycles. The quantitative estimate of drug-likeness (QED) is 0.666. The van der Waals surface area contributed by atoms with Gasteiger partial charge in [0.15, 0.2) is 0 Å². The van der Waals surface area contributed by atoms with E-state index in [0.29, 0.717) is 6.04 Å². The van der Waals surface area contributed by atoms with Gasteiger partial charge in [-0.1, -0.05) is 6.92 Å². The molecule has 82 valence electrons. The van der Waals surface area contributed by atoms with Gasteiger partial charge in [-0.2, -0.15) is 0 Å². The smallest absolute Gasteiger partial charge is 0.233 e. The van der Waals surface area contributed by atoms with E-state index in [9.17, 15) is 4.79 Å². The lowest BCUT2D eigenvalue weighted by molar-refractivity contribution is -0.120. The van der Waals surface area contributed by atoms with Crippen molar-refractivity contribution in [1.29, 1.82) is 0 Å². The topological polar surface area (TPSA) is 58.4 Å². The number of likely N-dealkylation sites (tertiary alicyclic amines) is 1. The summed E-state index contributed by atoms with van der Waals surface area (Å²) in [6, 6.07) is 0.346. The summed E-state index contributed by atoms with van der Waals surface area (Å²) in [4.78, 5) is 13.5. The summed E-state index contributed by atoms with van der Waals surface area (Å²) in [5.74, 6) is -0.0288. The molecule has 0 unspecified atom stereocenters. The van der Waals surface area contributed by atoms with Crippen LogP contribution in [0.3, 0.4) is 0 Å². The van der Waals surface area contributed by atoms with Gasteiger partial charge in [0, 0.05) is 19.1 Å². The van der Waals surface area contributed by atoms with Gasteiger partial charge < -0.3 is 16.0 Å². The van der Waals surface area contributed by atoms with E-state index in [-0.39, 0.29) is 12.5 Å². The Morgan fingerprint density at radius 1 is 1.50 bits per heavy atom. The first kappa shape index (κ1) is 11.5. The Balaban J connectivity index is 2.18. The highest BCUT2D eigenvalue weighted by Crippen LogP contribution is 2.10. The molecule has 0 aromatic rings. The number of carbonyl (C=O) groups excluding carboxylic acids is 1. The van der Waals surface area contributed by atoms with Crippen LogP contribution in [0, 0.1) is 0 Å². The molecule has 4 heteroatoms. The number of rotatable bonds is 4. The fourth-order valence-corrected chi connectivity index (χ4v) is 1.90. The Labute approximate surface area is 85.8 Å². The summed E-state index contributed by atoms with van der Waals surface area (Å²) < 4.78 is 0. The van der Waals surface area contributed by atoms with E-state index in [4.69, 9.17) is 5.73 Å². The number of nitrogens with two attached hydrogens (primary N) is 1. The maximum absolute atomic E-state index is 11.0. The van der Waals surface area contributed by atoms with Crippen molar-refractivity contribution >= 4 is 5.91 Å². The molecule has 0 bridgehead atoms. The third-order valence-electron chi connectivity index (χ3n) is 2.68. The second-order valence-electron chi connectivity index (χ2n) is 3.89. The van der Waals surface area contributed by atoms with Crippen LogP contribution in [-0.4, -0.2) is 43.0 Å². The summed E-state index contributed by atoms with van der Waals surface area (Å²) >= 11 is 0. The maximum atomic E-state index is 11.0. The molecule has 14 heavy (non-hydrogen) atoms. The average molecular weight is 199 g/mol. The summed E-state index contributed by atoms with van der Waals surface area (Å²) in [5.41, 5.74) is 5.24. The molecule has 0 radical (unpaired) electrons. The molecular weight excluding hydrogens is 178 g/mol. The van der Waals surface area contributed by atoms with Crippen LogP contribution >= 0.6 is 0 Å². The van der Waals surface area contributed by atoms with Crippen molar-refractivity contribution < 1.29 is 4.79 Å². The van der Waals surface area contributed by atoms with E-state index < -0.39 is 0 Å². The summed E-state index contributed by atoms with van der Waals surface area (Å²) in [6.07, 6.45) is 3.33. The average Bonchev–Trinajstić information content (AvgIpc) is 2.21. The second kappa shape index (κ2) is 5.98. The number of amides is 1. The monoisotopic (exact) mass is 199 g/mol. The van der Waals surface area contributed by atoms with Crippen molar-refractivity contribution in [1.82, 2.24) is 10.2 Å². The fraction of sp³-hybridized carbons (Fsp3) is 0.900. The lowest BCUT2D eigenvalue weighted by atomic mass is 10.0. The Morgan fingerprint density at radius 2 is 2.14 bits per heavy atom. The zero-order valence-electron chi connectivity index (χ0n) is 8.96. The molecule has 0 aromatic carbocycles. The van der Waals surface area contributed by atoms with Crippen LogP contribution < -0.4 is 11.1 Å². The summed E-state index contributed by atoms with van der Waals surface area (Å²) in [5, 5.41) is 2.94. The maximum Gasteiger partial charge on any atom is 0.233 e. The van der Waals surface area contributed by atoms with E-state index in [1.807, 2.05) is 0 Å². The molecule has 0 atom stereocenters. The van der Waals surface area contributed by atoms with Crippen LogP contribution in [0.4, 0.5) is 0 Å². The van der Waals surface area contributed by atoms with Gasteiger partial charge in [0.25, 0.3) is 0 Å². The van der Waals surface area contributed by atoms with Crippen LogP contribution in [0.1, 0.15) is 26.2 Å². The lowest BCUT2D eigenvalue weighted by Crippen LogP contribution is -2.46. The highest BCUT2D eigenvalue weighted by Gasteiger charge is 2.19. The largest absolute Gasteiger partial charge is 0.352 e. The van der Waals surface area contributed by atoms with E-state index in [2.05, 4.69) is 17.1 Å². The number of nitrogens with zero attached hydrogens (tertiary/aromatic N) is 1. The molecule has 1 amide bonds. The highest BCUT2D eigenvalue weighted by molar-refractivity contribution is 5.78. The van der Waals surface area contributed by atoms with Gasteiger partial charge in [-0.3, -0.25) is 4.79 Å². The minimum absolute atomic E-state index is 0.0288. The van der Waals surface area contributed by atoms with Crippen LogP contribution in [-0.2, 0) is 4.79 Å². The van der Waals surface area contributed by atoms with Gasteiger partial charge in [0.05, 0.1) is 6.54 Å². The normalized spacial score (nSPS) is 19.6. The molecule has 0 spiro atoms. The third kappa shape index (κ3) is 3.64. The van der Waals surface area contributed by atoms with E-state index >= 15 is 0 Å². The summed E-state index contributed by atoms with van der Waals surface area (Å²) in [7, 11) is 0. The van der Waals surface area contributed by atoms with E-state index in [1.54, 1.807) is 0 Å². The van der Waals surface area contributed by atoms with Gasteiger partial charge in [0.2, 0.25) is 5.91 Å². The minimum atomic E-state index is -0.0288. The summed E-state index contributed by atoms with van der Waals surface area (Å²) in [6.45, 7) is 5.68. The SMILES string of the molecule is CCCN1CCC(NC(=O)CN)CC1. The Bertz CT molecular complexity index is 176. The molecule has 1 saturated heterocycles. The van der Waals surface area contributed by atoms with Crippen molar-refractivity contribution in [2.24, 2.45) is 5.73 Å². The van der Waals surface area contributed by atoms with Gasteiger partial charge in [0.1, 0.15) is 0 Å². The minimum Gasteiger partial charge on any atom is -0.352 e. The van der Waals surface area contributed by atoms with Crippen LogP contribution in [0.2, 0.25) is 0 Å². The molecule has 4 nitrogen and oxygen atoms in total. The van der Waals surface area contributed by atoms with Crippen molar-refractivity contribution in [2.75, 3.05) is 26.2 Å². The molecular formula is C10H21N3O. The van der Waals surface area contributed by atoms with Crippen molar-refractivity contribution in [3.05, 3.63) is 0 Å². The number of piperidine rings is 1. The number of nitrogens with one attached hydrogen (secondary N) is 1. The van der Waals surface area contributed by atoms with Crippen LogP contribution in [0.15, 0.2) is 0 Å². The highest BCUT2D eigenvalue weighted by atomic mass is 16.1. The molecule has 1 rings (SSSR count). The van der Waals surface area contributed by atoms with Crippen molar-refractivity contribution in [3.63, 3.8) is 0 Å². The number of carbonyl (C=O) groups is 1. The zero-order valence-corrected chi connectivity index (χ0v) is 8.96. The van der Waals surface area contributed by atoms with Crippen LogP contribution in [0.25, 0.3) is 0 Å². The van der Waals surface area contributed by atoms with E-state index in [0.717, 1.165) is 25.9 Å². The lowest BCUT2D eigenvalue weighted by Gasteiger charge is -2.31. The third-order valence-corrected chi connectivity index (χ3v) is 2.68. The molecule has 1 aliphatic rings. The molecule has 1 aliphatic heterocycles. The van der Waals surface area contributed by atoms with Gasteiger partial charge in [-0.25, -0.2) is 0 Å². The fourth-order valence-electron chi connectivity index (χ4n) is 1.90. The van der Waals surface area contributed by atoms with Gasteiger partial charge in [-0.15, -0.1) is 0 Å². The number of hydrogen-bond acceptors (Lipinski definition) is 3. The first-order valence-corrected chi connectivity index (χ1v) is 5.48. The van der Waals surface area contributed by atoms with Crippen LogP contribution in [0.5, 0.6) is 0 Å². The van der Waals surface area contributed by atoms with Gasteiger partial charge >= 0.3 is 0 Å². The molecule has 0 aliphatic carbocycles. The Kier molecular flexibility index (Phi) is 4.90. The molecule has 0 saturated carbocycles. The van der Waals surface area contributed by atoms with Crippen molar-refractivity contribution in [2.45, 2.75) is 32.2 Å². The second-order valence-corrected chi connectivity index (χ2v) is 3.89. The Hall–Kier alpha value is -0.610. The number of hydrogen-bond donors (Lipinski definition) is 2.